The van der Waals surface area contributed by atoms with Gasteiger partial charge in [-0.2, -0.15) is 0 Å². The minimum atomic E-state index is -0.471. The summed E-state index contributed by atoms with van der Waals surface area (Å²) >= 11 is 0. The fourth-order valence-corrected chi connectivity index (χ4v) is 3.97. The lowest BCUT2D eigenvalue weighted by molar-refractivity contribution is 0.0725. The van der Waals surface area contributed by atoms with Crippen LogP contribution in [-0.2, 0) is 12.8 Å². The van der Waals surface area contributed by atoms with E-state index in [1.54, 1.807) is 0 Å². The maximum Gasteiger partial charge on any atom is 0.0820 e. The van der Waals surface area contributed by atoms with Crippen molar-refractivity contribution in [1.82, 2.24) is 4.90 Å². The minimum Gasteiger partial charge on any atom is -0.390 e. The van der Waals surface area contributed by atoms with Gasteiger partial charge in [0.25, 0.3) is 0 Å². The zero-order chi connectivity index (χ0) is 18.4. The van der Waals surface area contributed by atoms with Gasteiger partial charge >= 0.3 is 0 Å². The van der Waals surface area contributed by atoms with Crippen molar-refractivity contribution in [2.24, 2.45) is 11.7 Å². The van der Waals surface area contributed by atoms with Crippen LogP contribution in [-0.4, -0.2) is 41.8 Å². The number of β-amino-alcohol motifs (C(OH)–C–C–N with tert-alkyl or cyclic N) is 1. The maximum absolute atomic E-state index is 10.5. The summed E-state index contributed by atoms with van der Waals surface area (Å²) in [5, 5.41) is 11.7. The van der Waals surface area contributed by atoms with Crippen molar-refractivity contribution in [1.29, 1.82) is 0 Å². The predicted molar refractivity (Wildman–Crippen MR) is 113 cm³/mol. The predicted octanol–water partition coefficient (Wildman–Crippen LogP) is 2.37. The average Bonchev–Trinajstić information content (AvgIpc) is 2.66. The summed E-state index contributed by atoms with van der Waals surface area (Å²) in [6.07, 6.45) is 3.81. The summed E-state index contributed by atoms with van der Waals surface area (Å²) in [6, 6.07) is 18.8. The van der Waals surface area contributed by atoms with Crippen molar-refractivity contribution >= 4 is 14.5 Å². The molecular weight excluding hydrogens is 339 g/mol. The van der Waals surface area contributed by atoms with Crippen LogP contribution in [0.25, 0.3) is 0 Å². The number of nitrogens with zero attached hydrogens (tertiary/aromatic N) is 1. The number of hydrogen-bond acceptors (Lipinski definition) is 3. The van der Waals surface area contributed by atoms with E-state index in [9.17, 15) is 5.11 Å². The molecule has 26 heavy (non-hydrogen) atoms. The number of benzene rings is 2. The van der Waals surface area contributed by atoms with Gasteiger partial charge in [0.2, 0.25) is 0 Å². The molecule has 1 heterocycles. The molecule has 0 amide bonds. The number of piperidine rings is 1. The first-order valence-corrected chi connectivity index (χ1v) is 10.2. The van der Waals surface area contributed by atoms with Crippen molar-refractivity contribution < 1.29 is 5.11 Å². The minimum absolute atomic E-state index is 0.208. The maximum atomic E-state index is 10.5. The topological polar surface area (TPSA) is 49.5 Å². The van der Waals surface area contributed by atoms with Crippen molar-refractivity contribution in [3.05, 3.63) is 65.7 Å². The van der Waals surface area contributed by atoms with Crippen LogP contribution in [0.4, 0.5) is 0 Å². The third kappa shape index (κ3) is 5.89. The third-order valence-corrected chi connectivity index (χ3v) is 5.85. The second kappa shape index (κ2) is 9.62. The zero-order valence-corrected chi connectivity index (χ0v) is 16.6. The van der Waals surface area contributed by atoms with Gasteiger partial charge in [-0.15, -0.1) is 9.24 Å². The monoisotopic (exact) mass is 370 g/mol. The lowest BCUT2D eigenvalue weighted by Crippen LogP contribution is -2.47. The van der Waals surface area contributed by atoms with Gasteiger partial charge < -0.3 is 15.7 Å². The summed E-state index contributed by atoms with van der Waals surface area (Å²) in [5.74, 6) is 0.747. The van der Waals surface area contributed by atoms with E-state index >= 15 is 0 Å². The number of rotatable bonds is 7. The van der Waals surface area contributed by atoms with Crippen LogP contribution in [0, 0.1) is 5.92 Å². The van der Waals surface area contributed by atoms with Gasteiger partial charge in [-0.25, -0.2) is 0 Å². The normalized spacial score (nSPS) is 18.6. The van der Waals surface area contributed by atoms with Gasteiger partial charge in [-0.1, -0.05) is 54.6 Å². The summed E-state index contributed by atoms with van der Waals surface area (Å²) < 4.78 is 0. The molecule has 1 aliphatic rings. The molecule has 2 aromatic rings. The van der Waals surface area contributed by atoms with E-state index in [-0.39, 0.29) is 6.04 Å². The average molecular weight is 370 g/mol. The smallest absolute Gasteiger partial charge is 0.0820 e. The van der Waals surface area contributed by atoms with Gasteiger partial charge in [0.1, 0.15) is 0 Å². The van der Waals surface area contributed by atoms with Crippen LogP contribution in [0.1, 0.15) is 24.0 Å². The second-order valence-corrected chi connectivity index (χ2v) is 8.28. The standard InChI is InChI=1S/C22H31N2OP/c23-21(15-17-4-2-1-3-5-17)22(25)16-24-12-10-19(11-13-24)14-18-6-8-20(26)9-7-18/h1-9,19,21-22,25H,10-16,23,26H2. The number of aliphatic hydroxyl groups is 1. The van der Waals surface area contributed by atoms with Gasteiger partial charge in [-0.05, 0) is 61.1 Å². The Kier molecular flexibility index (Phi) is 7.22. The fraction of sp³-hybridized carbons (Fsp3) is 0.455. The van der Waals surface area contributed by atoms with Crippen LogP contribution in [0.5, 0.6) is 0 Å². The number of aliphatic hydroxyl groups excluding tert-OH is 1. The van der Waals surface area contributed by atoms with Gasteiger partial charge in [-0.3, -0.25) is 0 Å². The Balaban J connectivity index is 1.41. The molecule has 3 N–H and O–H groups in total. The van der Waals surface area contributed by atoms with Crippen LogP contribution < -0.4 is 11.0 Å². The molecule has 3 nitrogen and oxygen atoms in total. The SMILES string of the molecule is NC(Cc1ccccc1)C(O)CN1CCC(Cc2ccc(P)cc2)CC1. The van der Waals surface area contributed by atoms with Gasteiger partial charge in [0.05, 0.1) is 6.10 Å². The Morgan fingerprint density at radius 1 is 1.00 bits per heavy atom. The first kappa shape index (κ1) is 19.5. The molecule has 0 spiro atoms. The lowest BCUT2D eigenvalue weighted by atomic mass is 9.90. The Hall–Kier alpha value is -1.25. The van der Waals surface area contributed by atoms with Crippen molar-refractivity contribution in [2.45, 2.75) is 37.8 Å². The molecule has 0 saturated carbocycles. The largest absolute Gasteiger partial charge is 0.390 e. The van der Waals surface area contributed by atoms with E-state index in [2.05, 4.69) is 50.5 Å². The van der Waals surface area contributed by atoms with E-state index in [1.807, 2.05) is 18.2 Å². The molecule has 0 aliphatic carbocycles. The first-order chi connectivity index (χ1) is 12.6. The fourth-order valence-electron chi connectivity index (χ4n) is 3.78. The van der Waals surface area contributed by atoms with E-state index in [4.69, 9.17) is 5.73 Å². The first-order valence-electron chi connectivity index (χ1n) is 9.64. The summed E-state index contributed by atoms with van der Waals surface area (Å²) in [6.45, 7) is 2.80. The van der Waals surface area contributed by atoms with E-state index in [0.29, 0.717) is 6.54 Å². The van der Waals surface area contributed by atoms with Crippen molar-refractivity contribution in [2.75, 3.05) is 19.6 Å². The van der Waals surface area contributed by atoms with Gasteiger partial charge in [0, 0.05) is 12.6 Å². The molecule has 3 atom stereocenters. The highest BCUT2D eigenvalue weighted by Gasteiger charge is 2.23. The van der Waals surface area contributed by atoms with Crippen molar-refractivity contribution in [3.63, 3.8) is 0 Å². The van der Waals surface area contributed by atoms with Crippen LogP contribution in [0.3, 0.4) is 0 Å². The molecular formula is C22H31N2OP. The van der Waals surface area contributed by atoms with E-state index < -0.39 is 6.10 Å². The molecule has 0 aromatic heterocycles. The molecule has 1 saturated heterocycles. The highest BCUT2D eigenvalue weighted by atomic mass is 31.0. The molecule has 0 bridgehead atoms. The van der Waals surface area contributed by atoms with E-state index in [1.165, 1.54) is 29.3 Å². The molecule has 140 valence electrons. The number of hydrogen-bond donors (Lipinski definition) is 2. The van der Waals surface area contributed by atoms with E-state index in [0.717, 1.165) is 31.8 Å². The molecule has 0 radical (unpaired) electrons. The molecule has 1 aliphatic heterocycles. The summed E-state index contributed by atoms with van der Waals surface area (Å²) in [5.41, 5.74) is 8.85. The highest BCUT2D eigenvalue weighted by Crippen LogP contribution is 2.22. The second-order valence-electron chi connectivity index (χ2n) is 7.61. The molecule has 1 fully saturated rings. The zero-order valence-electron chi connectivity index (χ0n) is 15.4. The van der Waals surface area contributed by atoms with Crippen LogP contribution in [0.2, 0.25) is 0 Å². The summed E-state index contributed by atoms with van der Waals surface area (Å²) in [4.78, 5) is 2.37. The quantitative estimate of drug-likeness (QED) is 0.736. The lowest BCUT2D eigenvalue weighted by Gasteiger charge is -2.34. The van der Waals surface area contributed by atoms with Gasteiger partial charge in [0.15, 0.2) is 0 Å². The Bertz CT molecular complexity index is 654. The highest BCUT2D eigenvalue weighted by molar-refractivity contribution is 7.27. The van der Waals surface area contributed by atoms with Crippen LogP contribution >= 0.6 is 9.24 Å². The molecule has 4 heteroatoms. The molecule has 2 aromatic carbocycles. The third-order valence-electron chi connectivity index (χ3n) is 5.46. The summed E-state index contributed by atoms with van der Waals surface area (Å²) in [7, 11) is 2.74. The Morgan fingerprint density at radius 2 is 1.65 bits per heavy atom. The Morgan fingerprint density at radius 3 is 2.31 bits per heavy atom. The molecule has 3 rings (SSSR count). The number of likely N-dealkylation sites (tertiary alicyclic amines) is 1. The Labute approximate surface area is 159 Å². The molecule has 3 unspecified atom stereocenters. The van der Waals surface area contributed by atoms with Crippen LogP contribution in [0.15, 0.2) is 54.6 Å². The number of nitrogens with two attached hydrogens (primary N) is 1. The van der Waals surface area contributed by atoms with Crippen molar-refractivity contribution in [3.8, 4) is 0 Å².